The Labute approximate surface area is 216 Å². The van der Waals surface area contributed by atoms with Gasteiger partial charge in [-0.2, -0.15) is 4.31 Å². The lowest BCUT2D eigenvalue weighted by Gasteiger charge is -2.36. The van der Waals surface area contributed by atoms with Crippen LogP contribution in [0, 0.1) is 5.92 Å². The quantitative estimate of drug-likeness (QED) is 0.461. The molecule has 0 unspecified atom stereocenters. The van der Waals surface area contributed by atoms with Gasteiger partial charge in [-0.1, -0.05) is 55.1 Å². The third-order valence-corrected chi connectivity index (χ3v) is 9.56. The highest BCUT2D eigenvalue weighted by Gasteiger charge is 2.41. The van der Waals surface area contributed by atoms with E-state index >= 15 is 0 Å². The molecule has 9 heteroatoms. The normalized spacial score (nSPS) is 20.5. The van der Waals surface area contributed by atoms with E-state index in [2.05, 4.69) is 4.98 Å². The number of hydrogen-bond acceptors (Lipinski definition) is 5. The van der Waals surface area contributed by atoms with E-state index in [0.29, 0.717) is 28.5 Å². The molecule has 1 atom stereocenters. The molecule has 3 aromatic rings. The number of para-hydroxylation sites is 1. The number of rotatable bonds is 4. The molecule has 0 amide bonds. The molecule has 1 fully saturated rings. The summed E-state index contributed by atoms with van der Waals surface area (Å²) in [4.78, 5) is 17.9. The Kier molecular flexibility index (Phi) is 6.76. The van der Waals surface area contributed by atoms with Crippen LogP contribution in [0.25, 0.3) is 11.3 Å². The average Bonchev–Trinajstić information content (AvgIpc) is 2.97. The van der Waals surface area contributed by atoms with Gasteiger partial charge < -0.3 is 10.0 Å². The standard InChI is InChI=1S/C27H28ClN3O4S/c1-30-25(18-9-4-2-5-10-18)17-31(19-11-6-3-7-12-19)24-16-21(28)20(15-26(24)36(30,34)35)22-13-8-14-23(29-22)27(32)33/h3,6-8,11-16,18,25H,2,4-5,9-10,17H2,1H3,(H,32,33)/t25-/m0/s1. The van der Waals surface area contributed by atoms with Crippen LogP contribution >= 0.6 is 11.6 Å². The highest BCUT2D eigenvalue weighted by atomic mass is 35.5. The van der Waals surface area contributed by atoms with Gasteiger partial charge in [-0.15, -0.1) is 0 Å². The van der Waals surface area contributed by atoms with Crippen molar-refractivity contribution in [2.24, 2.45) is 5.92 Å². The molecule has 0 spiro atoms. The number of nitrogens with zero attached hydrogens (tertiary/aromatic N) is 3. The van der Waals surface area contributed by atoms with Gasteiger partial charge >= 0.3 is 5.97 Å². The summed E-state index contributed by atoms with van der Waals surface area (Å²) in [7, 11) is -2.21. The number of fused-ring (bicyclic) bond motifs is 1. The third kappa shape index (κ3) is 4.49. The van der Waals surface area contributed by atoms with Gasteiger partial charge in [-0.3, -0.25) is 0 Å². The molecule has 36 heavy (non-hydrogen) atoms. The Morgan fingerprint density at radius 3 is 2.44 bits per heavy atom. The Hall–Kier alpha value is -2.94. The molecule has 1 N–H and O–H groups in total. The molecule has 1 saturated carbocycles. The number of hydrogen-bond donors (Lipinski definition) is 1. The Balaban J connectivity index is 1.70. The van der Waals surface area contributed by atoms with Crippen LogP contribution in [-0.4, -0.2) is 48.4 Å². The maximum atomic E-state index is 14.1. The third-order valence-electron chi connectivity index (χ3n) is 7.34. The second kappa shape index (κ2) is 9.84. The van der Waals surface area contributed by atoms with Gasteiger partial charge in [0, 0.05) is 30.9 Å². The molecule has 2 aliphatic rings. The number of aromatic nitrogens is 1. The summed E-state index contributed by atoms with van der Waals surface area (Å²) in [6.07, 6.45) is 5.40. The molecule has 0 bridgehead atoms. The second-order valence-corrected chi connectivity index (χ2v) is 11.8. The van der Waals surface area contributed by atoms with Gasteiger partial charge in [0.15, 0.2) is 0 Å². The molecule has 0 saturated heterocycles. The zero-order chi connectivity index (χ0) is 25.4. The molecular formula is C27H28ClN3O4S. The molecule has 5 rings (SSSR count). The minimum atomic E-state index is -3.88. The predicted molar refractivity (Wildman–Crippen MR) is 140 cm³/mol. The van der Waals surface area contributed by atoms with Crippen LogP contribution < -0.4 is 4.90 Å². The maximum absolute atomic E-state index is 14.1. The molecule has 2 heterocycles. The minimum absolute atomic E-state index is 0.133. The van der Waals surface area contributed by atoms with E-state index in [4.69, 9.17) is 11.6 Å². The average molecular weight is 526 g/mol. The first kappa shape index (κ1) is 24.7. The monoisotopic (exact) mass is 525 g/mol. The topological polar surface area (TPSA) is 90.8 Å². The van der Waals surface area contributed by atoms with Crippen LogP contribution in [0.5, 0.6) is 0 Å². The van der Waals surface area contributed by atoms with Crippen molar-refractivity contribution in [1.29, 1.82) is 0 Å². The second-order valence-electron chi connectivity index (χ2n) is 9.45. The first-order valence-corrected chi connectivity index (χ1v) is 13.9. The van der Waals surface area contributed by atoms with Crippen molar-refractivity contribution < 1.29 is 18.3 Å². The Morgan fingerprint density at radius 1 is 1.03 bits per heavy atom. The number of pyridine rings is 1. The van der Waals surface area contributed by atoms with Crippen molar-refractivity contribution in [1.82, 2.24) is 9.29 Å². The van der Waals surface area contributed by atoms with Crippen LogP contribution in [-0.2, 0) is 10.0 Å². The summed E-state index contributed by atoms with van der Waals surface area (Å²) < 4.78 is 29.7. The highest BCUT2D eigenvalue weighted by Crippen LogP contribution is 2.44. The van der Waals surface area contributed by atoms with Gasteiger partial charge in [0.2, 0.25) is 10.0 Å². The van der Waals surface area contributed by atoms with Crippen molar-refractivity contribution in [3.8, 4) is 11.3 Å². The number of benzene rings is 2. The number of carbonyl (C=O) groups is 1. The molecule has 7 nitrogen and oxygen atoms in total. The van der Waals surface area contributed by atoms with Crippen molar-refractivity contribution in [3.05, 3.63) is 71.4 Å². The van der Waals surface area contributed by atoms with Crippen molar-refractivity contribution in [3.63, 3.8) is 0 Å². The summed E-state index contributed by atoms with van der Waals surface area (Å²) >= 11 is 6.73. The Morgan fingerprint density at radius 2 is 1.75 bits per heavy atom. The molecule has 1 aliphatic heterocycles. The van der Waals surface area contributed by atoms with E-state index in [-0.39, 0.29) is 22.5 Å². The summed E-state index contributed by atoms with van der Waals surface area (Å²) in [5, 5.41) is 9.69. The summed E-state index contributed by atoms with van der Waals surface area (Å²) in [5.41, 5.74) is 1.94. The molecule has 1 aromatic heterocycles. The van der Waals surface area contributed by atoms with E-state index in [9.17, 15) is 18.3 Å². The zero-order valence-corrected chi connectivity index (χ0v) is 21.5. The molecule has 188 valence electrons. The van der Waals surface area contributed by atoms with Crippen molar-refractivity contribution in [2.75, 3.05) is 18.5 Å². The number of aromatic carboxylic acids is 1. The molecule has 2 aromatic carbocycles. The van der Waals surface area contributed by atoms with Gasteiger partial charge in [-0.25, -0.2) is 18.2 Å². The number of likely N-dealkylation sites (N-methyl/N-ethyl adjacent to an activating group) is 1. The van der Waals surface area contributed by atoms with Gasteiger partial charge in [0.25, 0.3) is 0 Å². The van der Waals surface area contributed by atoms with E-state index in [1.165, 1.54) is 22.9 Å². The molecular weight excluding hydrogens is 498 g/mol. The SMILES string of the molecule is CN1[C@H](C2CCCCC2)CN(c2ccccc2)c2cc(Cl)c(-c3cccc(C(=O)O)n3)cc2S1(=O)=O. The van der Waals surface area contributed by atoms with E-state index in [0.717, 1.165) is 31.4 Å². The molecule has 0 radical (unpaired) electrons. The van der Waals surface area contributed by atoms with Crippen LogP contribution in [0.1, 0.15) is 42.6 Å². The fraction of sp³-hybridized carbons (Fsp3) is 0.333. The lowest BCUT2D eigenvalue weighted by molar-refractivity contribution is 0.0690. The lowest BCUT2D eigenvalue weighted by Crippen LogP contribution is -2.46. The smallest absolute Gasteiger partial charge is 0.354 e. The van der Waals surface area contributed by atoms with Crippen molar-refractivity contribution in [2.45, 2.75) is 43.0 Å². The predicted octanol–water partition coefficient (Wildman–Crippen LogP) is 5.82. The van der Waals surface area contributed by atoms with E-state index < -0.39 is 16.0 Å². The number of sulfonamides is 1. The van der Waals surface area contributed by atoms with E-state index in [1.54, 1.807) is 25.2 Å². The summed E-state index contributed by atoms with van der Waals surface area (Å²) in [6, 6.07) is 17.4. The fourth-order valence-corrected chi connectivity index (χ4v) is 7.27. The number of carboxylic acid groups (broad SMARTS) is 1. The first-order valence-electron chi connectivity index (χ1n) is 12.1. The number of anilines is 2. The van der Waals surface area contributed by atoms with E-state index in [1.807, 2.05) is 35.2 Å². The largest absolute Gasteiger partial charge is 0.477 e. The van der Waals surface area contributed by atoms with Crippen LogP contribution in [0.3, 0.4) is 0 Å². The minimum Gasteiger partial charge on any atom is -0.477 e. The Bertz CT molecular complexity index is 1390. The van der Waals surface area contributed by atoms with Crippen LogP contribution in [0.15, 0.2) is 65.6 Å². The van der Waals surface area contributed by atoms with Gasteiger partial charge in [0.1, 0.15) is 10.6 Å². The summed E-state index contributed by atoms with van der Waals surface area (Å²) in [5.74, 6) is -0.899. The first-order chi connectivity index (χ1) is 17.3. The molecule has 1 aliphatic carbocycles. The highest BCUT2D eigenvalue weighted by molar-refractivity contribution is 7.89. The van der Waals surface area contributed by atoms with Gasteiger partial charge in [0.05, 0.1) is 16.4 Å². The zero-order valence-electron chi connectivity index (χ0n) is 20.0. The maximum Gasteiger partial charge on any atom is 0.354 e. The lowest BCUT2D eigenvalue weighted by atomic mass is 9.83. The summed E-state index contributed by atoms with van der Waals surface area (Å²) in [6.45, 7) is 0.514. The van der Waals surface area contributed by atoms with Crippen molar-refractivity contribution >= 4 is 39.0 Å². The van der Waals surface area contributed by atoms with Crippen LogP contribution in [0.2, 0.25) is 5.02 Å². The van der Waals surface area contributed by atoms with Crippen LogP contribution in [0.4, 0.5) is 11.4 Å². The fourth-order valence-electron chi connectivity index (χ4n) is 5.41. The van der Waals surface area contributed by atoms with Gasteiger partial charge in [-0.05, 0) is 55.2 Å². The number of carboxylic acids is 1. The number of halogens is 1.